The van der Waals surface area contributed by atoms with Crippen molar-refractivity contribution in [2.24, 2.45) is 5.92 Å². The summed E-state index contributed by atoms with van der Waals surface area (Å²) in [6, 6.07) is 3.24. The number of aliphatic carboxylic acids is 1. The zero-order valence-electron chi connectivity index (χ0n) is 11.7. The van der Waals surface area contributed by atoms with Gasteiger partial charge in [-0.25, -0.2) is 8.42 Å². The van der Waals surface area contributed by atoms with Gasteiger partial charge in [-0.3, -0.25) is 14.9 Å². The van der Waals surface area contributed by atoms with Crippen molar-refractivity contribution in [3.63, 3.8) is 0 Å². The molecule has 1 aromatic rings. The summed E-state index contributed by atoms with van der Waals surface area (Å²) < 4.78 is 23.2. The van der Waals surface area contributed by atoms with Crippen molar-refractivity contribution < 1.29 is 23.2 Å². The first-order valence-electron chi connectivity index (χ1n) is 6.02. The molecule has 9 heteroatoms. The number of carboxylic acid groups (broad SMARTS) is 1. The molecule has 8 nitrogen and oxygen atoms in total. The van der Waals surface area contributed by atoms with E-state index in [1.165, 1.54) is 19.1 Å². The van der Waals surface area contributed by atoms with E-state index in [0.29, 0.717) is 0 Å². The van der Waals surface area contributed by atoms with Crippen molar-refractivity contribution in [1.82, 2.24) is 0 Å². The Morgan fingerprint density at radius 1 is 1.38 bits per heavy atom. The average Bonchev–Trinajstić information content (AvgIpc) is 2.35. The number of nitro benzene ring substituents is 1. The Bertz CT molecular complexity index is 670. The van der Waals surface area contributed by atoms with Crippen LogP contribution in [0.3, 0.4) is 0 Å². The molecule has 2 atom stereocenters. The second-order valence-corrected chi connectivity index (χ2v) is 6.73. The van der Waals surface area contributed by atoms with Crippen LogP contribution in [0.5, 0.6) is 0 Å². The summed E-state index contributed by atoms with van der Waals surface area (Å²) in [6.07, 6.45) is 0.877. The van der Waals surface area contributed by atoms with Crippen LogP contribution in [0.4, 0.5) is 11.4 Å². The highest BCUT2D eigenvalue weighted by atomic mass is 32.2. The van der Waals surface area contributed by atoms with Gasteiger partial charge in [0.05, 0.1) is 10.8 Å². The molecule has 1 rings (SSSR count). The molecule has 0 spiro atoms. The summed E-state index contributed by atoms with van der Waals surface area (Å²) >= 11 is 0. The lowest BCUT2D eigenvalue weighted by Crippen LogP contribution is -2.30. The summed E-state index contributed by atoms with van der Waals surface area (Å²) in [6.45, 7) is 3.00. The van der Waals surface area contributed by atoms with Gasteiger partial charge in [0.1, 0.15) is 10.6 Å². The minimum absolute atomic E-state index is 0.0245. The summed E-state index contributed by atoms with van der Waals surface area (Å²) in [7, 11) is -3.77. The average molecular weight is 316 g/mol. The van der Waals surface area contributed by atoms with Crippen LogP contribution in [-0.2, 0) is 14.6 Å². The van der Waals surface area contributed by atoms with Crippen LogP contribution in [0.2, 0.25) is 0 Å². The fourth-order valence-corrected chi connectivity index (χ4v) is 2.57. The lowest BCUT2D eigenvalue weighted by Gasteiger charge is -2.19. The molecule has 0 amide bonds. The van der Waals surface area contributed by atoms with E-state index in [9.17, 15) is 23.3 Å². The van der Waals surface area contributed by atoms with E-state index in [2.05, 4.69) is 5.32 Å². The van der Waals surface area contributed by atoms with Gasteiger partial charge in [0.2, 0.25) is 0 Å². The number of carbonyl (C=O) groups is 1. The lowest BCUT2D eigenvalue weighted by molar-refractivity contribution is -0.386. The lowest BCUT2D eigenvalue weighted by atomic mass is 10.0. The van der Waals surface area contributed by atoms with E-state index in [1.807, 2.05) is 0 Å². The maximum absolute atomic E-state index is 11.6. The van der Waals surface area contributed by atoms with E-state index in [0.717, 1.165) is 12.3 Å². The molecule has 1 aromatic carbocycles. The Labute approximate surface area is 121 Å². The van der Waals surface area contributed by atoms with Crippen molar-refractivity contribution in [2.45, 2.75) is 24.8 Å². The van der Waals surface area contributed by atoms with E-state index in [1.54, 1.807) is 6.92 Å². The summed E-state index contributed by atoms with van der Waals surface area (Å²) in [5, 5.41) is 22.8. The highest BCUT2D eigenvalue weighted by Gasteiger charge is 2.28. The first kappa shape index (κ1) is 16.9. The number of rotatable bonds is 6. The number of benzene rings is 1. The molecule has 2 unspecified atom stereocenters. The zero-order chi connectivity index (χ0) is 16.4. The molecule has 0 aliphatic heterocycles. The van der Waals surface area contributed by atoms with Gasteiger partial charge in [0.15, 0.2) is 9.84 Å². The SMILES string of the molecule is CC(Nc1cccc(S(C)(=O)=O)c1[N+](=O)[O-])C(C)C(=O)O. The monoisotopic (exact) mass is 316 g/mol. The maximum atomic E-state index is 11.6. The minimum Gasteiger partial charge on any atom is -0.481 e. The molecule has 0 saturated heterocycles. The second kappa shape index (κ2) is 6.08. The molecule has 0 saturated carbocycles. The van der Waals surface area contributed by atoms with E-state index in [4.69, 9.17) is 5.11 Å². The number of hydrogen-bond acceptors (Lipinski definition) is 6. The van der Waals surface area contributed by atoms with Crippen molar-refractivity contribution >= 4 is 27.2 Å². The molecule has 0 heterocycles. The Kier molecular flexibility index (Phi) is 4.89. The topological polar surface area (TPSA) is 127 Å². The fraction of sp³-hybridized carbons (Fsp3) is 0.417. The third-order valence-electron chi connectivity index (χ3n) is 3.10. The highest BCUT2D eigenvalue weighted by Crippen LogP contribution is 2.32. The van der Waals surface area contributed by atoms with Gasteiger partial charge in [-0.2, -0.15) is 0 Å². The van der Waals surface area contributed by atoms with Crippen LogP contribution in [0.15, 0.2) is 23.1 Å². The van der Waals surface area contributed by atoms with Gasteiger partial charge >= 0.3 is 11.7 Å². The molecular weight excluding hydrogens is 300 g/mol. The first-order chi connectivity index (χ1) is 9.55. The minimum atomic E-state index is -3.77. The number of hydrogen-bond donors (Lipinski definition) is 2. The second-order valence-electron chi connectivity index (χ2n) is 4.74. The first-order valence-corrected chi connectivity index (χ1v) is 7.91. The Hall–Kier alpha value is -2.16. The Balaban J connectivity index is 3.32. The van der Waals surface area contributed by atoms with E-state index >= 15 is 0 Å². The summed E-state index contributed by atoms with van der Waals surface area (Å²) in [4.78, 5) is 20.9. The van der Waals surface area contributed by atoms with Gasteiger partial charge in [-0.15, -0.1) is 0 Å². The standard InChI is InChI=1S/C12H16N2O6S/c1-7(12(15)16)8(2)13-9-5-4-6-10(21(3,19)20)11(9)14(17)18/h4-8,13H,1-3H3,(H,15,16). The van der Waals surface area contributed by atoms with Gasteiger partial charge < -0.3 is 10.4 Å². The Morgan fingerprint density at radius 3 is 2.38 bits per heavy atom. The van der Waals surface area contributed by atoms with Crippen LogP contribution in [0.25, 0.3) is 0 Å². The van der Waals surface area contributed by atoms with Crippen LogP contribution >= 0.6 is 0 Å². The molecule has 0 fully saturated rings. The smallest absolute Gasteiger partial charge is 0.310 e. The molecule has 21 heavy (non-hydrogen) atoms. The van der Waals surface area contributed by atoms with Crippen LogP contribution in [0, 0.1) is 16.0 Å². The molecule has 0 aromatic heterocycles. The third-order valence-corrected chi connectivity index (χ3v) is 4.23. The van der Waals surface area contributed by atoms with Crippen molar-refractivity contribution in [2.75, 3.05) is 11.6 Å². The molecule has 116 valence electrons. The molecule has 0 bridgehead atoms. The van der Waals surface area contributed by atoms with Gasteiger partial charge in [-0.05, 0) is 26.0 Å². The number of sulfone groups is 1. The molecule has 0 radical (unpaired) electrons. The number of carboxylic acids is 1. The summed E-state index contributed by atoms with van der Waals surface area (Å²) in [5.74, 6) is -1.86. The van der Waals surface area contributed by atoms with Crippen molar-refractivity contribution in [3.05, 3.63) is 28.3 Å². The van der Waals surface area contributed by atoms with Crippen molar-refractivity contribution in [3.8, 4) is 0 Å². The van der Waals surface area contributed by atoms with Crippen LogP contribution in [0.1, 0.15) is 13.8 Å². The van der Waals surface area contributed by atoms with Gasteiger partial charge in [0, 0.05) is 12.3 Å². The largest absolute Gasteiger partial charge is 0.481 e. The van der Waals surface area contributed by atoms with Gasteiger partial charge in [0.25, 0.3) is 0 Å². The fourth-order valence-electron chi connectivity index (χ4n) is 1.71. The predicted octanol–water partition coefficient (Wildman–Crippen LogP) is 1.52. The van der Waals surface area contributed by atoms with Crippen molar-refractivity contribution in [1.29, 1.82) is 0 Å². The quantitative estimate of drug-likeness (QED) is 0.601. The molecule has 0 aliphatic rings. The Morgan fingerprint density at radius 2 is 1.95 bits per heavy atom. The number of para-hydroxylation sites is 1. The third kappa shape index (κ3) is 3.91. The normalized spacial score (nSPS) is 14.2. The predicted molar refractivity (Wildman–Crippen MR) is 76.1 cm³/mol. The number of nitrogens with zero attached hydrogens (tertiary/aromatic N) is 1. The zero-order valence-corrected chi connectivity index (χ0v) is 12.5. The molecule has 2 N–H and O–H groups in total. The van der Waals surface area contributed by atoms with Gasteiger partial charge in [-0.1, -0.05) is 6.07 Å². The molecule has 0 aliphatic carbocycles. The van der Waals surface area contributed by atoms with E-state index in [-0.39, 0.29) is 5.69 Å². The summed E-state index contributed by atoms with van der Waals surface area (Å²) in [5.41, 5.74) is -0.604. The van der Waals surface area contributed by atoms with Crippen LogP contribution in [-0.4, -0.2) is 36.7 Å². The highest BCUT2D eigenvalue weighted by molar-refractivity contribution is 7.90. The number of nitro groups is 1. The number of anilines is 1. The van der Waals surface area contributed by atoms with E-state index < -0.39 is 43.3 Å². The number of nitrogens with one attached hydrogen (secondary N) is 1. The maximum Gasteiger partial charge on any atom is 0.310 e. The molecular formula is C12H16N2O6S. The van der Waals surface area contributed by atoms with Crippen LogP contribution < -0.4 is 5.32 Å².